The van der Waals surface area contributed by atoms with Crippen molar-refractivity contribution in [3.05, 3.63) is 0 Å². The molecule has 4 nitrogen and oxygen atoms in total. The Labute approximate surface area is 98.8 Å². The van der Waals surface area contributed by atoms with Crippen LogP contribution in [-0.2, 0) is 4.79 Å². The molecule has 0 saturated carbocycles. The van der Waals surface area contributed by atoms with Crippen LogP contribution >= 0.6 is 0 Å². The molecule has 0 aliphatic carbocycles. The van der Waals surface area contributed by atoms with Gasteiger partial charge in [0.15, 0.2) is 0 Å². The zero-order valence-corrected chi connectivity index (χ0v) is 10.8. The van der Waals surface area contributed by atoms with Crippen molar-refractivity contribution in [3.63, 3.8) is 0 Å². The van der Waals surface area contributed by atoms with Gasteiger partial charge < -0.3 is 15.5 Å². The molecule has 1 aliphatic heterocycles. The highest BCUT2D eigenvalue weighted by Gasteiger charge is 2.23. The highest BCUT2D eigenvalue weighted by atomic mass is 16.2. The van der Waals surface area contributed by atoms with Crippen LogP contribution in [0.3, 0.4) is 0 Å². The smallest absolute Gasteiger partial charge is 0.237 e. The number of likely N-dealkylation sites (N-methyl/N-ethyl adjacent to an activating group) is 1. The van der Waals surface area contributed by atoms with Crippen LogP contribution < -0.4 is 10.6 Å². The normalized spacial score (nSPS) is 25.8. The quantitative estimate of drug-likeness (QED) is 0.716. The second-order valence-corrected chi connectivity index (χ2v) is 4.82. The molecular formula is C12H25N3O. The minimum atomic E-state index is 0.0238. The molecule has 0 radical (unpaired) electrons. The van der Waals surface area contributed by atoms with E-state index >= 15 is 0 Å². The van der Waals surface area contributed by atoms with Gasteiger partial charge in [0.2, 0.25) is 5.91 Å². The molecule has 0 spiro atoms. The molecule has 94 valence electrons. The van der Waals surface area contributed by atoms with Gasteiger partial charge in [0.05, 0.1) is 6.04 Å². The van der Waals surface area contributed by atoms with Crippen LogP contribution in [0.15, 0.2) is 0 Å². The maximum Gasteiger partial charge on any atom is 0.237 e. The van der Waals surface area contributed by atoms with E-state index in [2.05, 4.69) is 36.4 Å². The summed E-state index contributed by atoms with van der Waals surface area (Å²) < 4.78 is 0. The predicted octanol–water partition coefficient (Wildman–Crippen LogP) is 0.442. The van der Waals surface area contributed by atoms with E-state index < -0.39 is 0 Å². The molecule has 1 saturated heterocycles. The van der Waals surface area contributed by atoms with Crippen molar-refractivity contribution >= 4 is 5.91 Å². The zero-order chi connectivity index (χ0) is 12.0. The zero-order valence-electron chi connectivity index (χ0n) is 10.8. The lowest BCUT2D eigenvalue weighted by molar-refractivity contribution is -0.124. The van der Waals surface area contributed by atoms with E-state index in [1.54, 1.807) is 0 Å². The fourth-order valence-corrected chi connectivity index (χ4v) is 1.96. The monoisotopic (exact) mass is 227 g/mol. The topological polar surface area (TPSA) is 44.4 Å². The van der Waals surface area contributed by atoms with Crippen LogP contribution in [-0.4, -0.2) is 50.1 Å². The minimum Gasteiger partial charge on any atom is -0.353 e. The number of nitrogens with one attached hydrogen (secondary N) is 2. The fraction of sp³-hybridized carbons (Fsp3) is 0.917. The molecule has 2 unspecified atom stereocenters. The van der Waals surface area contributed by atoms with Gasteiger partial charge in [-0.25, -0.2) is 0 Å². The molecule has 1 rings (SSSR count). The van der Waals surface area contributed by atoms with E-state index in [9.17, 15) is 4.79 Å². The summed E-state index contributed by atoms with van der Waals surface area (Å²) in [5, 5.41) is 6.27. The lowest BCUT2D eigenvalue weighted by Gasteiger charge is -2.27. The van der Waals surface area contributed by atoms with Crippen LogP contribution in [0.25, 0.3) is 0 Å². The van der Waals surface area contributed by atoms with Crippen molar-refractivity contribution in [2.75, 3.05) is 33.2 Å². The lowest BCUT2D eigenvalue weighted by atomic mass is 9.94. The number of rotatable bonds is 5. The Morgan fingerprint density at radius 3 is 2.94 bits per heavy atom. The van der Waals surface area contributed by atoms with E-state index in [1.807, 2.05) is 0 Å². The third-order valence-corrected chi connectivity index (χ3v) is 3.32. The van der Waals surface area contributed by atoms with Crippen molar-refractivity contribution < 1.29 is 4.79 Å². The maximum absolute atomic E-state index is 11.8. The standard InChI is InChI=1S/C12H25N3O/c1-4-15(3)8-7-14-12(16)11-9-10(2)5-6-13-11/h10-11,13H,4-9H2,1-3H3,(H,14,16). The summed E-state index contributed by atoms with van der Waals surface area (Å²) in [4.78, 5) is 14.0. The maximum atomic E-state index is 11.8. The Morgan fingerprint density at radius 2 is 2.31 bits per heavy atom. The number of nitrogens with zero attached hydrogens (tertiary/aromatic N) is 1. The largest absolute Gasteiger partial charge is 0.353 e. The first kappa shape index (κ1) is 13.5. The fourth-order valence-electron chi connectivity index (χ4n) is 1.96. The summed E-state index contributed by atoms with van der Waals surface area (Å²) in [6.07, 6.45) is 2.15. The van der Waals surface area contributed by atoms with Gasteiger partial charge in [0, 0.05) is 13.1 Å². The SMILES string of the molecule is CCN(C)CCNC(=O)C1CC(C)CCN1. The van der Waals surface area contributed by atoms with Crippen LogP contribution in [0.2, 0.25) is 0 Å². The van der Waals surface area contributed by atoms with Gasteiger partial charge in [-0.2, -0.15) is 0 Å². The molecule has 0 bridgehead atoms. The molecule has 1 heterocycles. The van der Waals surface area contributed by atoms with E-state index in [0.717, 1.165) is 32.6 Å². The Balaban J connectivity index is 2.19. The summed E-state index contributed by atoms with van der Waals surface area (Å²) >= 11 is 0. The van der Waals surface area contributed by atoms with Gasteiger partial charge in [-0.1, -0.05) is 13.8 Å². The molecule has 0 aromatic heterocycles. The number of carbonyl (C=O) groups is 1. The van der Waals surface area contributed by atoms with Crippen molar-refractivity contribution in [1.82, 2.24) is 15.5 Å². The Hall–Kier alpha value is -0.610. The molecule has 1 amide bonds. The first-order valence-corrected chi connectivity index (χ1v) is 6.33. The highest BCUT2D eigenvalue weighted by Crippen LogP contribution is 2.14. The summed E-state index contributed by atoms with van der Waals surface area (Å²) in [6.45, 7) is 7.99. The Bertz CT molecular complexity index is 220. The van der Waals surface area contributed by atoms with Crippen LogP contribution in [0.5, 0.6) is 0 Å². The van der Waals surface area contributed by atoms with Crippen LogP contribution in [0.1, 0.15) is 26.7 Å². The van der Waals surface area contributed by atoms with Gasteiger partial charge in [-0.3, -0.25) is 4.79 Å². The van der Waals surface area contributed by atoms with Crippen molar-refractivity contribution in [3.8, 4) is 0 Å². The lowest BCUT2D eigenvalue weighted by Crippen LogP contribution is -2.49. The average Bonchev–Trinajstić information content (AvgIpc) is 2.28. The first-order chi connectivity index (χ1) is 7.63. The Morgan fingerprint density at radius 1 is 1.56 bits per heavy atom. The van der Waals surface area contributed by atoms with Crippen molar-refractivity contribution in [1.29, 1.82) is 0 Å². The van der Waals surface area contributed by atoms with Crippen molar-refractivity contribution in [2.45, 2.75) is 32.7 Å². The number of hydrogen-bond donors (Lipinski definition) is 2. The molecule has 2 atom stereocenters. The third-order valence-electron chi connectivity index (χ3n) is 3.32. The molecule has 4 heteroatoms. The molecule has 2 N–H and O–H groups in total. The number of carbonyl (C=O) groups excluding carboxylic acids is 1. The average molecular weight is 227 g/mol. The summed E-state index contributed by atoms with van der Waals surface area (Å²) in [5.41, 5.74) is 0. The van der Waals surface area contributed by atoms with Gasteiger partial charge >= 0.3 is 0 Å². The van der Waals surface area contributed by atoms with E-state index in [4.69, 9.17) is 0 Å². The Kier molecular flexibility index (Phi) is 5.77. The summed E-state index contributed by atoms with van der Waals surface area (Å²) in [7, 11) is 2.06. The van der Waals surface area contributed by atoms with Crippen LogP contribution in [0.4, 0.5) is 0 Å². The number of amides is 1. The van der Waals surface area contributed by atoms with Gasteiger partial charge in [-0.15, -0.1) is 0 Å². The molecule has 0 aromatic rings. The van der Waals surface area contributed by atoms with Crippen molar-refractivity contribution in [2.24, 2.45) is 5.92 Å². The van der Waals surface area contributed by atoms with Gasteiger partial charge in [0.25, 0.3) is 0 Å². The molecule has 1 aliphatic rings. The third kappa shape index (κ3) is 4.49. The predicted molar refractivity (Wildman–Crippen MR) is 66.4 cm³/mol. The summed E-state index contributed by atoms with van der Waals surface area (Å²) in [6, 6.07) is 0.0238. The number of piperidine rings is 1. The van der Waals surface area contributed by atoms with Crippen LogP contribution in [0, 0.1) is 5.92 Å². The van der Waals surface area contributed by atoms with E-state index in [0.29, 0.717) is 5.92 Å². The molecule has 0 aromatic carbocycles. The van der Waals surface area contributed by atoms with E-state index in [-0.39, 0.29) is 11.9 Å². The van der Waals surface area contributed by atoms with Gasteiger partial charge in [-0.05, 0) is 38.9 Å². The molecule has 16 heavy (non-hydrogen) atoms. The second kappa shape index (κ2) is 6.86. The van der Waals surface area contributed by atoms with Gasteiger partial charge in [0.1, 0.15) is 0 Å². The first-order valence-electron chi connectivity index (χ1n) is 6.33. The van der Waals surface area contributed by atoms with E-state index in [1.165, 1.54) is 6.42 Å². The molecular weight excluding hydrogens is 202 g/mol. The number of hydrogen-bond acceptors (Lipinski definition) is 3. The summed E-state index contributed by atoms with van der Waals surface area (Å²) in [5.74, 6) is 0.825. The minimum absolute atomic E-state index is 0.0238. The molecule has 1 fully saturated rings. The highest BCUT2D eigenvalue weighted by molar-refractivity contribution is 5.81. The second-order valence-electron chi connectivity index (χ2n) is 4.82.